The van der Waals surface area contributed by atoms with Crippen molar-refractivity contribution in [2.45, 2.75) is 38.4 Å². The summed E-state index contributed by atoms with van der Waals surface area (Å²) in [6.45, 7) is 9.62. The van der Waals surface area contributed by atoms with Crippen LogP contribution in [0.2, 0.25) is 0 Å². The van der Waals surface area contributed by atoms with E-state index in [0.717, 1.165) is 17.3 Å². The van der Waals surface area contributed by atoms with Crippen LogP contribution >= 0.6 is 11.8 Å². The molecule has 2 aliphatic rings. The maximum atomic E-state index is 15.3. The zero-order valence-electron chi connectivity index (χ0n) is 22.5. The Bertz CT molecular complexity index is 1410. The monoisotopic (exact) mass is 554 g/mol. The molecule has 3 heterocycles. The van der Waals surface area contributed by atoms with Crippen molar-refractivity contribution in [1.29, 1.82) is 0 Å². The molecule has 2 aromatic carbocycles. The number of fused-ring (bicyclic) bond motifs is 1. The van der Waals surface area contributed by atoms with E-state index in [9.17, 15) is 14.0 Å². The van der Waals surface area contributed by atoms with Crippen LogP contribution in [0.1, 0.15) is 48.4 Å². The summed E-state index contributed by atoms with van der Waals surface area (Å²) in [4.78, 5) is 30.3. The van der Waals surface area contributed by atoms with Crippen LogP contribution < -0.4 is 4.90 Å². The summed E-state index contributed by atoms with van der Waals surface area (Å²) in [5.41, 5.74) is 2.84. The van der Waals surface area contributed by atoms with E-state index in [2.05, 4.69) is 0 Å². The Morgan fingerprint density at radius 2 is 1.87 bits per heavy atom. The van der Waals surface area contributed by atoms with E-state index >= 15 is 4.39 Å². The summed E-state index contributed by atoms with van der Waals surface area (Å²) in [7, 11) is 0. The third-order valence-electron chi connectivity index (χ3n) is 6.95. The lowest BCUT2D eigenvalue weighted by molar-refractivity contribution is -0.134. The molecular formula is C29H32F2N4O3S. The number of thioether (sulfide) groups is 1. The zero-order chi connectivity index (χ0) is 27.9. The number of anilines is 1. The first-order valence-corrected chi connectivity index (χ1v) is 14.0. The van der Waals surface area contributed by atoms with Crippen LogP contribution in [0.25, 0.3) is 5.69 Å². The van der Waals surface area contributed by atoms with Crippen molar-refractivity contribution < 1.29 is 23.1 Å². The van der Waals surface area contributed by atoms with Crippen molar-refractivity contribution >= 4 is 29.4 Å². The van der Waals surface area contributed by atoms with E-state index in [4.69, 9.17) is 9.84 Å². The molecule has 0 spiro atoms. The molecule has 2 aliphatic heterocycles. The highest BCUT2D eigenvalue weighted by Gasteiger charge is 2.41. The van der Waals surface area contributed by atoms with Crippen molar-refractivity contribution in [3.63, 3.8) is 0 Å². The first-order valence-electron chi connectivity index (χ1n) is 13.0. The van der Waals surface area contributed by atoms with Gasteiger partial charge in [0.1, 0.15) is 24.0 Å². The second kappa shape index (κ2) is 10.7. The Morgan fingerprint density at radius 1 is 1.13 bits per heavy atom. The van der Waals surface area contributed by atoms with Crippen LogP contribution in [0.3, 0.4) is 0 Å². The molecule has 0 N–H and O–H groups in total. The molecule has 1 unspecified atom stereocenters. The van der Waals surface area contributed by atoms with Crippen molar-refractivity contribution in [3.05, 3.63) is 76.5 Å². The van der Waals surface area contributed by atoms with Crippen LogP contribution in [0.4, 0.5) is 14.6 Å². The molecule has 10 heteroatoms. The Labute approximate surface area is 231 Å². The highest BCUT2D eigenvalue weighted by molar-refractivity contribution is 8.00. The van der Waals surface area contributed by atoms with Gasteiger partial charge in [0.15, 0.2) is 0 Å². The fourth-order valence-corrected chi connectivity index (χ4v) is 6.24. The van der Waals surface area contributed by atoms with Crippen molar-refractivity contribution in [3.8, 4) is 5.69 Å². The van der Waals surface area contributed by atoms with E-state index in [-0.39, 0.29) is 29.7 Å². The Hall–Kier alpha value is -3.24. The third-order valence-corrected chi connectivity index (χ3v) is 8.18. The van der Waals surface area contributed by atoms with E-state index in [1.54, 1.807) is 9.58 Å². The third kappa shape index (κ3) is 5.45. The van der Waals surface area contributed by atoms with E-state index in [1.165, 1.54) is 28.8 Å². The van der Waals surface area contributed by atoms with Gasteiger partial charge in [-0.25, -0.2) is 13.5 Å². The molecule has 2 amide bonds. The molecule has 0 aliphatic carbocycles. The predicted octanol–water partition coefficient (Wildman–Crippen LogP) is 4.78. The quantitative estimate of drug-likeness (QED) is 0.464. The molecule has 1 fully saturated rings. The minimum absolute atomic E-state index is 0.0178. The van der Waals surface area contributed by atoms with Crippen molar-refractivity contribution in [2.24, 2.45) is 0 Å². The van der Waals surface area contributed by atoms with Crippen LogP contribution in [-0.4, -0.2) is 65.1 Å². The Morgan fingerprint density at radius 3 is 2.54 bits per heavy atom. The van der Waals surface area contributed by atoms with Gasteiger partial charge in [0.2, 0.25) is 11.8 Å². The smallest absolute Gasteiger partial charge is 0.242 e. The molecule has 3 aromatic rings. The van der Waals surface area contributed by atoms with Gasteiger partial charge in [-0.2, -0.15) is 5.10 Å². The second-order valence-corrected chi connectivity index (χ2v) is 12.0. The molecule has 5 rings (SSSR count). The number of amides is 2. The van der Waals surface area contributed by atoms with Gasteiger partial charge >= 0.3 is 0 Å². The van der Waals surface area contributed by atoms with Crippen molar-refractivity contribution in [1.82, 2.24) is 14.7 Å². The molecule has 39 heavy (non-hydrogen) atoms. The minimum Gasteiger partial charge on any atom is -0.378 e. The summed E-state index contributed by atoms with van der Waals surface area (Å²) >= 11 is 1.26. The number of carbonyl (C=O) groups excluding carboxylic acids is 2. The number of aryl methyl sites for hydroxylation is 1. The number of halogens is 2. The molecule has 1 aromatic heterocycles. The molecule has 1 atom stereocenters. The lowest BCUT2D eigenvalue weighted by Gasteiger charge is -2.30. The number of hydrogen-bond donors (Lipinski definition) is 0. The second-order valence-electron chi connectivity index (χ2n) is 10.9. The number of nitrogens with zero attached hydrogens (tertiary/aromatic N) is 4. The largest absolute Gasteiger partial charge is 0.378 e. The lowest BCUT2D eigenvalue weighted by Crippen LogP contribution is -2.48. The van der Waals surface area contributed by atoms with Gasteiger partial charge in [0.05, 0.1) is 35.6 Å². The minimum atomic E-state index is -0.688. The fraction of sp³-hybridized carbons (Fsp3) is 0.414. The van der Waals surface area contributed by atoms with Gasteiger partial charge in [-0.3, -0.25) is 14.5 Å². The number of carbonyl (C=O) groups is 2. The maximum Gasteiger partial charge on any atom is 0.242 e. The lowest BCUT2D eigenvalue weighted by atomic mass is 9.87. The van der Waals surface area contributed by atoms with Gasteiger partial charge in [0, 0.05) is 35.7 Å². The fourth-order valence-electron chi connectivity index (χ4n) is 5.02. The maximum absolute atomic E-state index is 15.3. The average Bonchev–Trinajstić information content (AvgIpc) is 3.23. The zero-order valence-corrected chi connectivity index (χ0v) is 23.4. The highest BCUT2D eigenvalue weighted by Crippen LogP contribution is 2.49. The molecule has 0 radical (unpaired) electrons. The van der Waals surface area contributed by atoms with Crippen LogP contribution in [0, 0.1) is 18.6 Å². The summed E-state index contributed by atoms with van der Waals surface area (Å²) in [6, 6.07) is 11.2. The summed E-state index contributed by atoms with van der Waals surface area (Å²) in [6.07, 6.45) is 0. The van der Waals surface area contributed by atoms with Crippen LogP contribution in [0.5, 0.6) is 0 Å². The first-order chi connectivity index (χ1) is 18.5. The number of aromatic nitrogens is 2. The highest BCUT2D eigenvalue weighted by atomic mass is 32.2. The SMILES string of the molecule is Cc1cccc(-n2nc(C(C)(C)C)c3c2N(CC(=O)N2CCOCC2)C(=O)CSC3c2ccc(F)cc2F)c1. The number of rotatable bonds is 4. The average molecular weight is 555 g/mol. The number of benzene rings is 2. The van der Waals surface area contributed by atoms with Crippen LogP contribution in [-0.2, 0) is 19.7 Å². The number of ether oxygens (including phenoxy) is 1. The van der Waals surface area contributed by atoms with Gasteiger partial charge in [-0.05, 0) is 30.7 Å². The molecule has 206 valence electrons. The standard InChI is InChI=1S/C29H32F2N4O3S/c1-18-6-5-7-20(14-18)35-28-25(27(32-35)29(2,3)4)26(21-9-8-19(30)15-22(21)31)39-17-24(37)34(28)16-23(36)33-10-12-38-13-11-33/h5-9,14-15,26H,10-13,16-17H2,1-4H3. The van der Waals surface area contributed by atoms with Gasteiger partial charge in [-0.1, -0.05) is 39.0 Å². The molecule has 1 saturated heterocycles. The van der Waals surface area contributed by atoms with Crippen molar-refractivity contribution in [2.75, 3.05) is 43.5 Å². The van der Waals surface area contributed by atoms with E-state index < -0.39 is 22.3 Å². The van der Waals surface area contributed by atoms with Crippen LogP contribution in [0.15, 0.2) is 42.5 Å². The first kappa shape index (κ1) is 27.3. The summed E-state index contributed by atoms with van der Waals surface area (Å²) in [5, 5.41) is 4.37. The Kier molecular flexibility index (Phi) is 7.52. The van der Waals surface area contributed by atoms with E-state index in [0.29, 0.717) is 43.4 Å². The van der Waals surface area contributed by atoms with Gasteiger partial charge < -0.3 is 9.64 Å². The van der Waals surface area contributed by atoms with Gasteiger partial charge in [0.25, 0.3) is 0 Å². The Balaban J connectivity index is 1.75. The summed E-state index contributed by atoms with van der Waals surface area (Å²) in [5.74, 6) is -1.37. The topological polar surface area (TPSA) is 67.7 Å². The summed E-state index contributed by atoms with van der Waals surface area (Å²) < 4.78 is 36.3. The molecular weight excluding hydrogens is 522 g/mol. The number of morpholine rings is 1. The number of hydrogen-bond acceptors (Lipinski definition) is 5. The normalized spacial score (nSPS) is 18.2. The van der Waals surface area contributed by atoms with E-state index in [1.807, 2.05) is 52.0 Å². The molecule has 0 saturated carbocycles. The molecule has 7 nitrogen and oxygen atoms in total. The molecule has 0 bridgehead atoms. The van der Waals surface area contributed by atoms with Gasteiger partial charge in [-0.15, -0.1) is 11.8 Å². The predicted molar refractivity (Wildman–Crippen MR) is 147 cm³/mol.